The van der Waals surface area contributed by atoms with E-state index in [0.29, 0.717) is 19.3 Å². The topological polar surface area (TPSA) is 63.6 Å². The van der Waals surface area contributed by atoms with E-state index < -0.39 is 5.97 Å². The normalized spacial score (nSPS) is 28.4. The Morgan fingerprint density at radius 3 is 2.33 bits per heavy atom. The number of carbonyl (C=O) groups excluding carboxylic acids is 1. The van der Waals surface area contributed by atoms with E-state index in [4.69, 9.17) is 5.11 Å². The smallest absolute Gasteiger partial charge is 0.308 e. The zero-order valence-electron chi connectivity index (χ0n) is 6.95. The number of carbonyl (C=O) groups is 2. The van der Waals surface area contributed by atoms with Crippen LogP contribution in [0.2, 0.25) is 0 Å². The Kier molecular flexibility index (Phi) is 2.68. The number of aliphatic carboxylic acids is 1. The Morgan fingerprint density at radius 2 is 1.92 bits per heavy atom. The molecule has 1 aliphatic carbocycles. The molecular formula is C8H12O4. The summed E-state index contributed by atoms with van der Waals surface area (Å²) in [4.78, 5) is 21.5. The van der Waals surface area contributed by atoms with Crippen LogP contribution in [0.1, 0.15) is 19.3 Å². The number of methoxy groups -OCH3 is 1. The zero-order valence-corrected chi connectivity index (χ0v) is 6.95. The number of rotatable bonds is 2. The predicted octanol–water partition coefficient (Wildman–Crippen LogP) is 0.660. The molecule has 1 aliphatic rings. The van der Waals surface area contributed by atoms with Crippen LogP contribution in [0, 0.1) is 11.8 Å². The minimum absolute atomic E-state index is 0.198. The summed E-state index contributed by atoms with van der Waals surface area (Å²) in [7, 11) is 1.33. The first-order valence-electron chi connectivity index (χ1n) is 3.95. The number of carboxylic acid groups (broad SMARTS) is 1. The van der Waals surface area contributed by atoms with E-state index in [2.05, 4.69) is 4.74 Å². The lowest BCUT2D eigenvalue weighted by Crippen LogP contribution is -2.15. The van der Waals surface area contributed by atoms with Crippen molar-refractivity contribution in [1.29, 1.82) is 0 Å². The maximum atomic E-state index is 11.0. The average molecular weight is 172 g/mol. The fourth-order valence-corrected chi connectivity index (χ4v) is 1.59. The minimum Gasteiger partial charge on any atom is -0.481 e. The molecule has 0 radical (unpaired) electrons. The number of hydrogen-bond acceptors (Lipinski definition) is 3. The minimum atomic E-state index is -0.804. The molecule has 4 heteroatoms. The molecule has 1 rings (SSSR count). The Morgan fingerprint density at radius 1 is 1.33 bits per heavy atom. The molecule has 1 saturated carbocycles. The molecule has 0 amide bonds. The van der Waals surface area contributed by atoms with E-state index in [1.807, 2.05) is 0 Å². The van der Waals surface area contributed by atoms with Gasteiger partial charge in [-0.25, -0.2) is 0 Å². The van der Waals surface area contributed by atoms with E-state index in [1.165, 1.54) is 7.11 Å². The van der Waals surface area contributed by atoms with Gasteiger partial charge in [0, 0.05) is 0 Å². The number of esters is 1. The van der Waals surface area contributed by atoms with E-state index >= 15 is 0 Å². The van der Waals surface area contributed by atoms with Crippen LogP contribution in [0.25, 0.3) is 0 Å². The first-order valence-corrected chi connectivity index (χ1v) is 3.95. The van der Waals surface area contributed by atoms with Gasteiger partial charge in [0.15, 0.2) is 0 Å². The summed E-state index contributed by atoms with van der Waals surface area (Å²) in [5, 5.41) is 8.63. The Hall–Kier alpha value is -1.06. The molecule has 0 aromatic heterocycles. The van der Waals surface area contributed by atoms with Gasteiger partial charge in [0.25, 0.3) is 0 Å². The fraction of sp³-hybridized carbons (Fsp3) is 0.750. The van der Waals surface area contributed by atoms with Gasteiger partial charge in [0.05, 0.1) is 18.9 Å². The summed E-state index contributed by atoms with van der Waals surface area (Å²) in [6.07, 6.45) is 1.67. The molecule has 12 heavy (non-hydrogen) atoms. The van der Waals surface area contributed by atoms with Crippen molar-refractivity contribution in [2.24, 2.45) is 11.8 Å². The molecule has 0 unspecified atom stereocenters. The lowest BCUT2D eigenvalue weighted by molar-refractivity contribution is -0.145. The van der Waals surface area contributed by atoms with Crippen LogP contribution in [-0.2, 0) is 14.3 Å². The van der Waals surface area contributed by atoms with Crippen molar-refractivity contribution in [3.05, 3.63) is 0 Å². The third-order valence-corrected chi connectivity index (χ3v) is 2.32. The van der Waals surface area contributed by atoms with Gasteiger partial charge in [-0.3, -0.25) is 9.59 Å². The third-order valence-electron chi connectivity index (χ3n) is 2.32. The standard InChI is InChI=1S/C8H12O4/c1-12-8(11)6-3-2-5(4-6)7(9)10/h5-6H,2-4H2,1H3,(H,9,10)/t5-,6-/m1/s1. The molecule has 0 aromatic carbocycles. The first kappa shape index (κ1) is 9.03. The second-order valence-corrected chi connectivity index (χ2v) is 3.07. The maximum absolute atomic E-state index is 11.0. The molecule has 0 aromatic rings. The second kappa shape index (κ2) is 3.56. The lowest BCUT2D eigenvalue weighted by Gasteiger charge is -2.05. The summed E-state index contributed by atoms with van der Waals surface area (Å²) in [6.45, 7) is 0. The number of ether oxygens (including phenoxy) is 1. The van der Waals surface area contributed by atoms with Crippen LogP contribution in [0.5, 0.6) is 0 Å². The van der Waals surface area contributed by atoms with Crippen molar-refractivity contribution in [1.82, 2.24) is 0 Å². The van der Waals surface area contributed by atoms with E-state index in [1.54, 1.807) is 0 Å². The maximum Gasteiger partial charge on any atom is 0.308 e. The Labute approximate surface area is 70.5 Å². The number of carboxylic acids is 1. The fourth-order valence-electron chi connectivity index (χ4n) is 1.59. The van der Waals surface area contributed by atoms with Crippen molar-refractivity contribution in [3.63, 3.8) is 0 Å². The monoisotopic (exact) mass is 172 g/mol. The molecule has 68 valence electrons. The Bertz CT molecular complexity index is 199. The lowest BCUT2D eigenvalue weighted by atomic mass is 10.1. The van der Waals surface area contributed by atoms with Crippen LogP contribution >= 0.6 is 0 Å². The van der Waals surface area contributed by atoms with Crippen LogP contribution in [0.3, 0.4) is 0 Å². The van der Waals surface area contributed by atoms with Gasteiger partial charge in [-0.05, 0) is 19.3 Å². The van der Waals surface area contributed by atoms with Crippen LogP contribution in [-0.4, -0.2) is 24.2 Å². The largest absolute Gasteiger partial charge is 0.481 e. The molecule has 0 bridgehead atoms. The predicted molar refractivity (Wildman–Crippen MR) is 40.5 cm³/mol. The van der Waals surface area contributed by atoms with Gasteiger partial charge in [-0.1, -0.05) is 0 Å². The summed E-state index contributed by atoms with van der Waals surface area (Å²) >= 11 is 0. The highest BCUT2D eigenvalue weighted by Gasteiger charge is 2.34. The summed E-state index contributed by atoms with van der Waals surface area (Å²) in [5.41, 5.74) is 0. The first-order chi connectivity index (χ1) is 5.65. The van der Waals surface area contributed by atoms with Crippen LogP contribution in [0.4, 0.5) is 0 Å². The van der Waals surface area contributed by atoms with Gasteiger partial charge in [-0.15, -0.1) is 0 Å². The molecular weight excluding hydrogens is 160 g/mol. The van der Waals surface area contributed by atoms with Gasteiger partial charge >= 0.3 is 11.9 Å². The zero-order chi connectivity index (χ0) is 9.14. The van der Waals surface area contributed by atoms with Gasteiger partial charge < -0.3 is 9.84 Å². The molecule has 1 fully saturated rings. The molecule has 1 N–H and O–H groups in total. The van der Waals surface area contributed by atoms with Crippen LogP contribution < -0.4 is 0 Å². The van der Waals surface area contributed by atoms with Crippen LogP contribution in [0.15, 0.2) is 0 Å². The van der Waals surface area contributed by atoms with E-state index in [-0.39, 0.29) is 17.8 Å². The highest BCUT2D eigenvalue weighted by atomic mass is 16.5. The molecule has 2 atom stereocenters. The van der Waals surface area contributed by atoms with Crippen molar-refractivity contribution >= 4 is 11.9 Å². The molecule has 0 spiro atoms. The van der Waals surface area contributed by atoms with Crippen molar-refractivity contribution in [2.75, 3.05) is 7.11 Å². The molecule has 0 saturated heterocycles. The van der Waals surface area contributed by atoms with Crippen molar-refractivity contribution in [2.45, 2.75) is 19.3 Å². The van der Waals surface area contributed by atoms with Gasteiger partial charge in [0.2, 0.25) is 0 Å². The van der Waals surface area contributed by atoms with E-state index in [9.17, 15) is 9.59 Å². The average Bonchev–Trinajstić information content (AvgIpc) is 2.51. The van der Waals surface area contributed by atoms with Crippen molar-refractivity contribution < 1.29 is 19.4 Å². The van der Waals surface area contributed by atoms with Crippen molar-refractivity contribution in [3.8, 4) is 0 Å². The summed E-state index contributed by atoms with van der Waals surface area (Å²) in [6, 6.07) is 0. The summed E-state index contributed by atoms with van der Waals surface area (Å²) < 4.78 is 4.53. The highest BCUT2D eigenvalue weighted by Crippen LogP contribution is 2.31. The highest BCUT2D eigenvalue weighted by molar-refractivity contribution is 5.76. The van der Waals surface area contributed by atoms with Gasteiger partial charge in [0.1, 0.15) is 0 Å². The molecule has 0 aliphatic heterocycles. The second-order valence-electron chi connectivity index (χ2n) is 3.07. The third kappa shape index (κ3) is 1.75. The molecule has 0 heterocycles. The quantitative estimate of drug-likeness (QED) is 0.621. The van der Waals surface area contributed by atoms with E-state index in [0.717, 1.165) is 0 Å². The summed E-state index contributed by atoms with van der Waals surface area (Å²) in [5.74, 6) is -1.63. The SMILES string of the molecule is COC(=O)[C@@H]1CC[C@@H](C(=O)O)C1. The Balaban J connectivity index is 2.45. The molecule has 4 nitrogen and oxygen atoms in total. The number of hydrogen-bond donors (Lipinski definition) is 1. The van der Waals surface area contributed by atoms with Gasteiger partial charge in [-0.2, -0.15) is 0 Å².